The van der Waals surface area contributed by atoms with Gasteiger partial charge in [-0.3, -0.25) is 9.59 Å². The molecule has 126 valence electrons. The van der Waals surface area contributed by atoms with E-state index in [9.17, 15) is 18.4 Å². The third-order valence-electron chi connectivity index (χ3n) is 3.90. The number of aromatic nitrogens is 1. The summed E-state index contributed by atoms with van der Waals surface area (Å²) in [7, 11) is 0. The molecule has 0 spiro atoms. The molecule has 1 aromatic carbocycles. The maximum atomic E-state index is 13.3. The molecule has 0 aliphatic carbocycles. The van der Waals surface area contributed by atoms with Crippen LogP contribution in [0.15, 0.2) is 34.9 Å². The number of carbonyl (C=O) groups excluding carboxylic acids is 2. The van der Waals surface area contributed by atoms with Crippen molar-refractivity contribution in [3.8, 4) is 0 Å². The summed E-state index contributed by atoms with van der Waals surface area (Å²) in [5.41, 5.74) is 0.573. The summed E-state index contributed by atoms with van der Waals surface area (Å²) in [6.07, 6.45) is 1.68. The van der Waals surface area contributed by atoms with E-state index < -0.39 is 11.6 Å². The minimum Gasteiger partial charge on any atom is -0.356 e. The molecule has 0 atom stereocenters. The number of benzene rings is 1. The first kappa shape index (κ1) is 16.6. The third kappa shape index (κ3) is 3.33. The van der Waals surface area contributed by atoms with Crippen LogP contribution in [0.2, 0.25) is 0 Å². The van der Waals surface area contributed by atoms with Gasteiger partial charge in [0.1, 0.15) is 5.69 Å². The number of carbonyl (C=O) groups is 2. The molecule has 1 fully saturated rings. The zero-order chi connectivity index (χ0) is 17.3. The molecule has 0 bridgehead atoms. The fourth-order valence-electron chi connectivity index (χ4n) is 2.59. The number of nitrogens with zero attached hydrogens (tertiary/aromatic N) is 2. The standard InChI is InChI=1S/C16H14BrF2N3O2/c17-11-8-14(20-9-11)16(24)22-5-3-21(4-6-22)15(23)10-1-2-12(18)13(19)7-10/h1-2,7-9,20H,3-6H2. The molecular weight excluding hydrogens is 384 g/mol. The summed E-state index contributed by atoms with van der Waals surface area (Å²) < 4.78 is 27.0. The zero-order valence-corrected chi connectivity index (χ0v) is 14.1. The highest BCUT2D eigenvalue weighted by Crippen LogP contribution is 2.16. The molecule has 1 N–H and O–H groups in total. The van der Waals surface area contributed by atoms with Crippen molar-refractivity contribution in [2.24, 2.45) is 0 Å². The Bertz CT molecular complexity index is 785. The Hall–Kier alpha value is -2.22. The Labute approximate surface area is 145 Å². The summed E-state index contributed by atoms with van der Waals surface area (Å²) in [6.45, 7) is 1.44. The minimum atomic E-state index is -1.05. The lowest BCUT2D eigenvalue weighted by atomic mass is 10.1. The van der Waals surface area contributed by atoms with Crippen molar-refractivity contribution in [3.63, 3.8) is 0 Å². The van der Waals surface area contributed by atoms with Crippen molar-refractivity contribution in [2.45, 2.75) is 0 Å². The SMILES string of the molecule is O=C(c1ccc(F)c(F)c1)N1CCN(C(=O)c2cc(Br)c[nH]2)CC1. The van der Waals surface area contributed by atoms with Crippen LogP contribution in [0.25, 0.3) is 0 Å². The fourth-order valence-corrected chi connectivity index (χ4v) is 2.93. The van der Waals surface area contributed by atoms with Gasteiger partial charge in [0.2, 0.25) is 0 Å². The number of piperazine rings is 1. The van der Waals surface area contributed by atoms with Crippen LogP contribution >= 0.6 is 15.9 Å². The second-order valence-electron chi connectivity index (χ2n) is 5.44. The van der Waals surface area contributed by atoms with Crippen LogP contribution in [0.4, 0.5) is 8.78 Å². The van der Waals surface area contributed by atoms with Crippen molar-refractivity contribution in [2.75, 3.05) is 26.2 Å². The Kier molecular flexibility index (Phi) is 4.66. The lowest BCUT2D eigenvalue weighted by molar-refractivity contribution is 0.0532. The molecule has 3 rings (SSSR count). The molecule has 1 aliphatic rings. The fraction of sp³-hybridized carbons (Fsp3) is 0.250. The quantitative estimate of drug-likeness (QED) is 0.846. The molecular formula is C16H14BrF2N3O2. The molecule has 0 unspecified atom stereocenters. The van der Waals surface area contributed by atoms with E-state index in [1.54, 1.807) is 17.2 Å². The highest BCUT2D eigenvalue weighted by Gasteiger charge is 2.26. The van der Waals surface area contributed by atoms with E-state index in [4.69, 9.17) is 0 Å². The average Bonchev–Trinajstić information content (AvgIpc) is 3.02. The van der Waals surface area contributed by atoms with E-state index >= 15 is 0 Å². The summed E-state index contributed by atoms with van der Waals surface area (Å²) in [6, 6.07) is 4.78. The van der Waals surface area contributed by atoms with E-state index in [-0.39, 0.29) is 17.4 Å². The first-order chi connectivity index (χ1) is 11.5. The second kappa shape index (κ2) is 6.72. The number of H-pyrrole nitrogens is 1. The van der Waals surface area contributed by atoms with Crippen LogP contribution in [0, 0.1) is 11.6 Å². The van der Waals surface area contributed by atoms with Gasteiger partial charge in [0.15, 0.2) is 11.6 Å². The molecule has 24 heavy (non-hydrogen) atoms. The molecule has 0 radical (unpaired) electrons. The summed E-state index contributed by atoms with van der Waals surface area (Å²) >= 11 is 3.28. The Balaban J connectivity index is 1.63. The van der Waals surface area contributed by atoms with E-state index in [1.165, 1.54) is 11.0 Å². The normalized spacial score (nSPS) is 14.8. The van der Waals surface area contributed by atoms with Gasteiger partial charge >= 0.3 is 0 Å². The van der Waals surface area contributed by atoms with E-state index in [0.29, 0.717) is 31.9 Å². The number of amides is 2. The van der Waals surface area contributed by atoms with Gasteiger partial charge in [-0.1, -0.05) is 0 Å². The van der Waals surface area contributed by atoms with Gasteiger partial charge in [-0.15, -0.1) is 0 Å². The van der Waals surface area contributed by atoms with Crippen LogP contribution in [-0.4, -0.2) is 52.8 Å². The van der Waals surface area contributed by atoms with Gasteiger partial charge in [0.05, 0.1) is 0 Å². The topological polar surface area (TPSA) is 56.4 Å². The minimum absolute atomic E-state index is 0.0991. The largest absolute Gasteiger partial charge is 0.356 e. The predicted octanol–water partition coefficient (Wildman–Crippen LogP) is 2.65. The molecule has 8 heteroatoms. The van der Waals surface area contributed by atoms with E-state index in [1.807, 2.05) is 0 Å². The smallest absolute Gasteiger partial charge is 0.270 e. The Morgan fingerprint density at radius 1 is 0.958 bits per heavy atom. The third-order valence-corrected chi connectivity index (χ3v) is 4.36. The summed E-state index contributed by atoms with van der Waals surface area (Å²) in [4.78, 5) is 30.7. The van der Waals surface area contributed by atoms with Gasteiger partial charge in [-0.25, -0.2) is 8.78 Å². The first-order valence-corrected chi connectivity index (χ1v) is 8.12. The molecule has 1 aromatic heterocycles. The van der Waals surface area contributed by atoms with Crippen molar-refractivity contribution < 1.29 is 18.4 Å². The maximum Gasteiger partial charge on any atom is 0.270 e. The van der Waals surface area contributed by atoms with Crippen LogP contribution in [0.5, 0.6) is 0 Å². The van der Waals surface area contributed by atoms with Crippen molar-refractivity contribution in [1.29, 1.82) is 0 Å². The van der Waals surface area contributed by atoms with Crippen LogP contribution in [0.1, 0.15) is 20.8 Å². The molecule has 1 saturated heterocycles. The van der Waals surface area contributed by atoms with Gasteiger partial charge in [0, 0.05) is 42.4 Å². The van der Waals surface area contributed by atoms with Crippen molar-refractivity contribution >= 4 is 27.7 Å². The Morgan fingerprint density at radius 3 is 2.12 bits per heavy atom. The summed E-state index contributed by atoms with van der Waals surface area (Å²) in [5, 5.41) is 0. The number of halogens is 3. The number of hydrogen-bond donors (Lipinski definition) is 1. The van der Waals surface area contributed by atoms with E-state index in [0.717, 1.165) is 16.6 Å². The van der Waals surface area contributed by atoms with Crippen LogP contribution in [-0.2, 0) is 0 Å². The van der Waals surface area contributed by atoms with Crippen molar-refractivity contribution in [3.05, 3.63) is 57.8 Å². The van der Waals surface area contributed by atoms with Crippen LogP contribution in [0.3, 0.4) is 0 Å². The molecule has 2 amide bonds. The number of rotatable bonds is 2. The summed E-state index contributed by atoms with van der Waals surface area (Å²) in [5.74, 6) is -2.55. The van der Waals surface area contributed by atoms with E-state index in [2.05, 4.69) is 20.9 Å². The van der Waals surface area contributed by atoms with Crippen molar-refractivity contribution in [1.82, 2.24) is 14.8 Å². The average molecular weight is 398 g/mol. The lowest BCUT2D eigenvalue weighted by Gasteiger charge is -2.34. The monoisotopic (exact) mass is 397 g/mol. The van der Waals surface area contributed by atoms with Gasteiger partial charge in [-0.05, 0) is 40.2 Å². The number of nitrogens with one attached hydrogen (secondary N) is 1. The number of aromatic amines is 1. The predicted molar refractivity (Wildman–Crippen MR) is 86.7 cm³/mol. The number of hydrogen-bond acceptors (Lipinski definition) is 2. The molecule has 5 nitrogen and oxygen atoms in total. The van der Waals surface area contributed by atoms with Crippen LogP contribution < -0.4 is 0 Å². The van der Waals surface area contributed by atoms with Gasteiger partial charge < -0.3 is 14.8 Å². The van der Waals surface area contributed by atoms with Gasteiger partial charge in [-0.2, -0.15) is 0 Å². The molecule has 2 aromatic rings. The first-order valence-electron chi connectivity index (χ1n) is 7.33. The molecule has 0 saturated carbocycles. The highest BCUT2D eigenvalue weighted by atomic mass is 79.9. The maximum absolute atomic E-state index is 13.3. The lowest BCUT2D eigenvalue weighted by Crippen LogP contribution is -2.50. The van der Waals surface area contributed by atoms with Gasteiger partial charge in [0.25, 0.3) is 11.8 Å². The molecule has 2 heterocycles. The zero-order valence-electron chi connectivity index (χ0n) is 12.6. The molecule has 1 aliphatic heterocycles. The Morgan fingerprint density at radius 2 is 1.58 bits per heavy atom. The second-order valence-corrected chi connectivity index (χ2v) is 6.36. The highest BCUT2D eigenvalue weighted by molar-refractivity contribution is 9.10.